The molecule has 0 amide bonds. The van der Waals surface area contributed by atoms with Crippen molar-refractivity contribution in [1.82, 2.24) is 0 Å². The van der Waals surface area contributed by atoms with Gasteiger partial charge >= 0.3 is 0 Å². The van der Waals surface area contributed by atoms with E-state index in [1.807, 2.05) is 0 Å². The molecule has 0 aliphatic carbocycles. The highest BCUT2D eigenvalue weighted by atomic mass is 31.1. The van der Waals surface area contributed by atoms with E-state index in [2.05, 4.69) is 121 Å². The lowest BCUT2D eigenvalue weighted by molar-refractivity contribution is 0.906. The lowest BCUT2D eigenvalue weighted by atomic mass is 9.93. The zero-order valence-electron chi connectivity index (χ0n) is 16.6. The second-order valence-electron chi connectivity index (χ2n) is 7.41. The Labute approximate surface area is 176 Å². The lowest BCUT2D eigenvalue weighted by Crippen LogP contribution is -2.07. The van der Waals surface area contributed by atoms with Gasteiger partial charge in [-0.15, -0.1) is 8.58 Å². The maximum atomic E-state index is 2.27. The van der Waals surface area contributed by atoms with Gasteiger partial charge in [0.15, 0.2) is 0 Å². The third kappa shape index (κ3) is 5.22. The fourth-order valence-corrected chi connectivity index (χ4v) is 5.66. The molecule has 0 nitrogen and oxygen atoms in total. The minimum Gasteiger partial charge on any atom is -0.120 e. The van der Waals surface area contributed by atoms with E-state index in [-0.39, 0.29) is 0 Å². The first-order valence-electron chi connectivity index (χ1n) is 10.3. The molecule has 4 aromatic carbocycles. The minimum absolute atomic E-state index is 0.461. The molecule has 0 aliphatic heterocycles. The van der Waals surface area contributed by atoms with Crippen molar-refractivity contribution in [2.45, 2.75) is 11.8 Å². The molecule has 144 valence electrons. The predicted octanol–water partition coefficient (Wildman–Crippen LogP) is 7.33. The molecule has 0 saturated heterocycles. The first-order chi connectivity index (χ1) is 14.4. The van der Waals surface area contributed by atoms with E-state index in [0.29, 0.717) is 11.8 Å². The van der Waals surface area contributed by atoms with E-state index in [9.17, 15) is 0 Å². The third-order valence-corrected chi connectivity index (χ3v) is 6.90. The van der Waals surface area contributed by atoms with Gasteiger partial charge in [0.05, 0.1) is 0 Å². The van der Waals surface area contributed by atoms with Crippen molar-refractivity contribution in [3.63, 3.8) is 0 Å². The van der Waals surface area contributed by atoms with Crippen LogP contribution in [0.15, 0.2) is 121 Å². The lowest BCUT2D eigenvalue weighted by Gasteiger charge is -2.22. The Morgan fingerprint density at radius 3 is 0.862 bits per heavy atom. The molecule has 1 heteroatoms. The number of rotatable bonds is 8. The van der Waals surface area contributed by atoms with Gasteiger partial charge in [0, 0.05) is 11.8 Å². The van der Waals surface area contributed by atoms with Gasteiger partial charge in [0.1, 0.15) is 0 Å². The molecule has 0 fully saturated rings. The van der Waals surface area contributed by atoms with Crippen LogP contribution in [0.4, 0.5) is 0 Å². The highest BCUT2D eigenvalue weighted by Crippen LogP contribution is 2.36. The Balaban J connectivity index is 1.53. The van der Waals surface area contributed by atoms with Crippen LogP contribution in [0.5, 0.6) is 0 Å². The SMILES string of the molecule is c1ccc(C(CPCC(c2ccccc2)c2ccccc2)c2ccccc2)cc1. The maximum absolute atomic E-state index is 2.27. The van der Waals surface area contributed by atoms with Crippen LogP contribution in [0, 0.1) is 0 Å². The first kappa shape index (κ1) is 19.6. The molecule has 0 radical (unpaired) electrons. The van der Waals surface area contributed by atoms with Crippen LogP contribution in [-0.2, 0) is 0 Å². The van der Waals surface area contributed by atoms with Crippen molar-refractivity contribution in [3.8, 4) is 0 Å². The van der Waals surface area contributed by atoms with Crippen LogP contribution < -0.4 is 0 Å². The zero-order chi connectivity index (χ0) is 19.7. The summed E-state index contributed by atoms with van der Waals surface area (Å²) in [7, 11) is 0.895. The van der Waals surface area contributed by atoms with E-state index in [1.165, 1.54) is 34.6 Å². The summed E-state index contributed by atoms with van der Waals surface area (Å²) in [6.45, 7) is 0. The Morgan fingerprint density at radius 2 is 0.621 bits per heavy atom. The van der Waals surface area contributed by atoms with Gasteiger partial charge in [-0.3, -0.25) is 0 Å². The topological polar surface area (TPSA) is 0 Å². The maximum Gasteiger partial charge on any atom is 0.0126 e. The molecule has 0 unspecified atom stereocenters. The first-order valence-corrected chi connectivity index (χ1v) is 11.7. The molecule has 29 heavy (non-hydrogen) atoms. The molecule has 0 bridgehead atoms. The van der Waals surface area contributed by atoms with Crippen molar-refractivity contribution in [2.24, 2.45) is 0 Å². The summed E-state index contributed by atoms with van der Waals surface area (Å²) in [5, 5.41) is 0. The van der Waals surface area contributed by atoms with E-state index < -0.39 is 0 Å². The average Bonchev–Trinajstić information content (AvgIpc) is 2.81. The molecule has 0 saturated carbocycles. The molecule has 0 N–H and O–H groups in total. The predicted molar refractivity (Wildman–Crippen MR) is 128 cm³/mol. The van der Waals surface area contributed by atoms with Crippen LogP contribution in [0.2, 0.25) is 0 Å². The summed E-state index contributed by atoms with van der Waals surface area (Å²) in [6.07, 6.45) is 2.37. The van der Waals surface area contributed by atoms with Crippen molar-refractivity contribution in [2.75, 3.05) is 12.3 Å². The molecule has 0 atom stereocenters. The third-order valence-electron chi connectivity index (χ3n) is 5.50. The van der Waals surface area contributed by atoms with Gasteiger partial charge < -0.3 is 0 Å². The quantitative estimate of drug-likeness (QED) is 0.274. The van der Waals surface area contributed by atoms with Crippen molar-refractivity contribution in [3.05, 3.63) is 144 Å². The monoisotopic (exact) mass is 394 g/mol. The zero-order valence-corrected chi connectivity index (χ0v) is 17.6. The minimum atomic E-state index is 0.461. The Hall–Kier alpha value is -2.69. The molecule has 0 heterocycles. The molecular formula is C28H27P. The van der Waals surface area contributed by atoms with Gasteiger partial charge in [-0.05, 0) is 34.6 Å². The van der Waals surface area contributed by atoms with Gasteiger partial charge in [-0.2, -0.15) is 0 Å². The molecule has 0 aliphatic rings. The van der Waals surface area contributed by atoms with Gasteiger partial charge in [-0.1, -0.05) is 121 Å². The fourth-order valence-electron chi connectivity index (χ4n) is 3.97. The van der Waals surface area contributed by atoms with Crippen molar-refractivity contribution >= 4 is 8.58 Å². The number of hydrogen-bond acceptors (Lipinski definition) is 0. The van der Waals surface area contributed by atoms with Crippen LogP contribution >= 0.6 is 8.58 Å². The second kappa shape index (κ2) is 10.2. The largest absolute Gasteiger partial charge is 0.120 e. The Kier molecular flexibility index (Phi) is 6.89. The summed E-state index contributed by atoms with van der Waals surface area (Å²) >= 11 is 0. The van der Waals surface area contributed by atoms with Gasteiger partial charge in [0.2, 0.25) is 0 Å². The molecule has 4 aromatic rings. The van der Waals surface area contributed by atoms with Crippen molar-refractivity contribution in [1.29, 1.82) is 0 Å². The summed E-state index contributed by atoms with van der Waals surface area (Å²) in [4.78, 5) is 0. The smallest absolute Gasteiger partial charge is 0.0126 e. The van der Waals surface area contributed by atoms with Crippen LogP contribution in [0.1, 0.15) is 34.1 Å². The standard InChI is InChI=1S/C28H27P/c1-5-13-23(14-6-1)27(24-15-7-2-8-16-24)21-29-22-28(25-17-9-3-10-18-25)26-19-11-4-12-20-26/h1-20,27-29H,21-22H2. The molecule has 4 rings (SSSR count). The highest BCUT2D eigenvalue weighted by molar-refractivity contribution is 7.38. The Morgan fingerprint density at radius 1 is 0.379 bits per heavy atom. The molecule has 0 spiro atoms. The van der Waals surface area contributed by atoms with E-state index >= 15 is 0 Å². The Bertz CT molecular complexity index is 804. The van der Waals surface area contributed by atoms with Crippen molar-refractivity contribution < 1.29 is 0 Å². The second-order valence-corrected chi connectivity index (χ2v) is 8.72. The summed E-state index contributed by atoms with van der Waals surface area (Å²) in [5.74, 6) is 0.922. The number of benzene rings is 4. The summed E-state index contributed by atoms with van der Waals surface area (Å²) in [6, 6.07) is 43.9. The summed E-state index contributed by atoms with van der Waals surface area (Å²) < 4.78 is 0. The van der Waals surface area contributed by atoms with E-state index in [1.54, 1.807) is 0 Å². The highest BCUT2D eigenvalue weighted by Gasteiger charge is 2.17. The van der Waals surface area contributed by atoms with E-state index in [0.717, 1.165) is 8.58 Å². The molecule has 0 aromatic heterocycles. The average molecular weight is 394 g/mol. The van der Waals surface area contributed by atoms with Crippen LogP contribution in [0.3, 0.4) is 0 Å². The van der Waals surface area contributed by atoms with Crippen LogP contribution in [-0.4, -0.2) is 12.3 Å². The fraction of sp³-hybridized carbons (Fsp3) is 0.143. The van der Waals surface area contributed by atoms with E-state index in [4.69, 9.17) is 0 Å². The van der Waals surface area contributed by atoms with Gasteiger partial charge in [-0.25, -0.2) is 0 Å². The normalized spacial score (nSPS) is 11.1. The van der Waals surface area contributed by atoms with Gasteiger partial charge in [0.25, 0.3) is 0 Å². The number of hydrogen-bond donors (Lipinski definition) is 0. The van der Waals surface area contributed by atoms with Crippen LogP contribution in [0.25, 0.3) is 0 Å². The molecular weight excluding hydrogens is 367 g/mol. The summed E-state index contributed by atoms with van der Waals surface area (Å²) in [5.41, 5.74) is 5.67.